The molecule has 0 aliphatic carbocycles. The fraction of sp³-hybridized carbons (Fsp3) is 0.333. The molecule has 0 heterocycles. The second-order valence-corrected chi connectivity index (χ2v) is 14.7. The van der Waals surface area contributed by atoms with Crippen molar-refractivity contribution in [2.24, 2.45) is 0 Å². The van der Waals surface area contributed by atoms with Crippen LogP contribution in [0.5, 0.6) is 0 Å². The lowest BCUT2D eigenvalue weighted by molar-refractivity contribution is -0.139. The molecule has 0 bridgehead atoms. The van der Waals surface area contributed by atoms with E-state index >= 15 is 0 Å². The van der Waals surface area contributed by atoms with E-state index in [-0.39, 0.29) is 16.9 Å². The summed E-state index contributed by atoms with van der Waals surface area (Å²) in [6.07, 6.45) is 0.215. The Morgan fingerprint density at radius 2 is 1.91 bits per heavy atom. The molecular formula is C12H12Br3NO5S. The van der Waals surface area contributed by atoms with Crippen LogP contribution in [0, 0.1) is 0 Å². The van der Waals surface area contributed by atoms with Crippen molar-refractivity contribution in [3.8, 4) is 0 Å². The Hall–Kier alpha value is -0.450. The largest absolute Gasteiger partial charge is 0.480 e. The molecule has 10 heteroatoms. The average Bonchev–Trinajstić information content (AvgIpc) is 2.43. The number of carboxylic acid groups (broad SMARTS) is 1. The van der Waals surface area contributed by atoms with Crippen LogP contribution >= 0.6 is 47.8 Å². The average molecular weight is 522 g/mol. The molecule has 0 radical (unpaired) electrons. The van der Waals surface area contributed by atoms with E-state index in [1.165, 1.54) is 24.3 Å². The van der Waals surface area contributed by atoms with E-state index in [1.54, 1.807) is 6.92 Å². The van der Waals surface area contributed by atoms with Crippen molar-refractivity contribution in [2.75, 3.05) is 0 Å². The van der Waals surface area contributed by atoms with Gasteiger partial charge >= 0.3 is 5.97 Å². The summed E-state index contributed by atoms with van der Waals surface area (Å²) in [6, 6.07) is 4.29. The molecule has 1 unspecified atom stereocenters. The molecule has 0 saturated carbocycles. The molecule has 1 atom stereocenters. The normalized spacial score (nSPS) is 13.5. The maximum Gasteiger partial charge on any atom is 0.326 e. The zero-order valence-corrected chi connectivity index (χ0v) is 16.8. The Balaban J connectivity index is 3.13. The van der Waals surface area contributed by atoms with Crippen LogP contribution in [0.3, 0.4) is 0 Å². The predicted octanol–water partition coefficient (Wildman–Crippen LogP) is 2.85. The van der Waals surface area contributed by atoms with Gasteiger partial charge in [0.15, 0.2) is 0 Å². The molecule has 1 rings (SSSR count). The first-order valence-electron chi connectivity index (χ1n) is 5.95. The molecule has 2 N–H and O–H groups in total. The van der Waals surface area contributed by atoms with Crippen molar-refractivity contribution >= 4 is 69.5 Å². The van der Waals surface area contributed by atoms with Crippen LogP contribution in [-0.4, -0.2) is 32.9 Å². The third kappa shape index (κ3) is 4.53. The highest BCUT2D eigenvalue weighted by Crippen LogP contribution is 2.43. The minimum absolute atomic E-state index is 0.0533. The van der Waals surface area contributed by atoms with Crippen LogP contribution in [0.15, 0.2) is 29.2 Å². The van der Waals surface area contributed by atoms with Crippen molar-refractivity contribution in [1.82, 2.24) is 5.32 Å². The standard InChI is InChI=1S/C12H12Br3NO5S/c1-2-9(11(18)19)16-10(17)7-4-3-5-8(6-7)22(20,21)12(13,14)15/h3-6,9H,2H2,1H3,(H,16,17)(H,18,19). The Kier molecular flexibility index (Phi) is 6.60. The Bertz CT molecular complexity index is 684. The lowest BCUT2D eigenvalue weighted by atomic mass is 10.1. The van der Waals surface area contributed by atoms with Gasteiger partial charge in [0.1, 0.15) is 6.04 Å². The summed E-state index contributed by atoms with van der Waals surface area (Å²) in [5.41, 5.74) is 0.0533. The van der Waals surface area contributed by atoms with Gasteiger partial charge in [0.2, 0.25) is 11.3 Å². The molecule has 1 amide bonds. The number of nitrogens with one attached hydrogen (secondary N) is 1. The number of alkyl halides is 3. The summed E-state index contributed by atoms with van der Waals surface area (Å²) in [7, 11) is -3.83. The first-order chi connectivity index (χ1) is 10.0. The number of carbonyl (C=O) groups is 2. The molecular weight excluding hydrogens is 510 g/mol. The minimum Gasteiger partial charge on any atom is -0.480 e. The van der Waals surface area contributed by atoms with Gasteiger partial charge in [-0.3, -0.25) is 4.79 Å². The summed E-state index contributed by atoms with van der Waals surface area (Å²) in [5.74, 6) is -1.81. The fourth-order valence-corrected chi connectivity index (χ4v) is 4.01. The van der Waals surface area contributed by atoms with E-state index in [4.69, 9.17) is 5.11 Å². The first kappa shape index (κ1) is 19.6. The number of hydrogen-bond acceptors (Lipinski definition) is 4. The highest BCUT2D eigenvalue weighted by Gasteiger charge is 2.37. The lowest BCUT2D eigenvalue weighted by Gasteiger charge is -2.15. The highest BCUT2D eigenvalue weighted by atomic mass is 80.0. The van der Waals surface area contributed by atoms with Crippen LogP contribution in [0.1, 0.15) is 23.7 Å². The maximum atomic E-state index is 12.2. The number of carbonyl (C=O) groups excluding carboxylic acids is 1. The maximum absolute atomic E-state index is 12.2. The monoisotopic (exact) mass is 519 g/mol. The molecule has 0 spiro atoms. The zero-order chi connectivity index (χ0) is 17.1. The summed E-state index contributed by atoms with van der Waals surface area (Å²) in [5, 5.41) is 11.3. The molecule has 1 aromatic carbocycles. The molecule has 1 aromatic rings. The summed E-state index contributed by atoms with van der Waals surface area (Å²) in [6.45, 7) is 1.62. The van der Waals surface area contributed by atoms with E-state index in [9.17, 15) is 18.0 Å². The van der Waals surface area contributed by atoms with Crippen molar-refractivity contribution in [3.05, 3.63) is 29.8 Å². The molecule has 6 nitrogen and oxygen atoms in total. The number of hydrogen-bond donors (Lipinski definition) is 2. The molecule has 22 heavy (non-hydrogen) atoms. The molecule has 0 aromatic heterocycles. The van der Waals surface area contributed by atoms with E-state index in [0.29, 0.717) is 0 Å². The van der Waals surface area contributed by atoms with Gasteiger partial charge in [-0.1, -0.05) is 13.0 Å². The second-order valence-electron chi connectivity index (χ2n) is 4.25. The van der Waals surface area contributed by atoms with Crippen molar-refractivity contribution in [2.45, 2.75) is 25.8 Å². The number of aliphatic carboxylic acids is 1. The predicted molar refractivity (Wildman–Crippen MR) is 92.3 cm³/mol. The van der Waals surface area contributed by atoms with Gasteiger partial charge in [0.05, 0.1) is 4.90 Å². The van der Waals surface area contributed by atoms with Crippen LogP contribution in [-0.2, 0) is 14.6 Å². The van der Waals surface area contributed by atoms with Gasteiger partial charge in [0, 0.05) is 5.56 Å². The number of sulfone groups is 1. The van der Waals surface area contributed by atoms with Crippen molar-refractivity contribution in [1.29, 1.82) is 0 Å². The second kappa shape index (κ2) is 7.41. The topological polar surface area (TPSA) is 101 Å². The van der Waals surface area contributed by atoms with Crippen molar-refractivity contribution < 1.29 is 23.1 Å². The number of halogens is 3. The van der Waals surface area contributed by atoms with Crippen LogP contribution in [0.4, 0.5) is 0 Å². The minimum atomic E-state index is -3.83. The summed E-state index contributed by atoms with van der Waals surface area (Å²) >= 11 is 8.81. The van der Waals surface area contributed by atoms with Gasteiger partial charge in [-0.2, -0.15) is 0 Å². The van der Waals surface area contributed by atoms with Crippen LogP contribution in [0.25, 0.3) is 0 Å². The Morgan fingerprint density at radius 3 is 2.36 bits per heavy atom. The first-order valence-corrected chi connectivity index (χ1v) is 9.82. The van der Waals surface area contributed by atoms with E-state index in [1.807, 2.05) is 0 Å². The highest BCUT2D eigenvalue weighted by molar-refractivity contribution is 9.42. The van der Waals surface area contributed by atoms with E-state index < -0.39 is 29.2 Å². The van der Waals surface area contributed by atoms with Gasteiger partial charge in [0.25, 0.3) is 5.91 Å². The number of benzene rings is 1. The Morgan fingerprint density at radius 1 is 1.32 bits per heavy atom. The van der Waals surface area contributed by atoms with Gasteiger partial charge < -0.3 is 10.4 Å². The molecule has 0 saturated heterocycles. The molecule has 0 aliphatic heterocycles. The van der Waals surface area contributed by atoms with Crippen molar-refractivity contribution in [3.63, 3.8) is 0 Å². The lowest BCUT2D eigenvalue weighted by Crippen LogP contribution is -2.40. The third-order valence-electron chi connectivity index (χ3n) is 2.72. The summed E-state index contributed by atoms with van der Waals surface area (Å²) in [4.78, 5) is 22.9. The fourth-order valence-electron chi connectivity index (χ4n) is 1.52. The molecule has 0 fully saturated rings. The number of amides is 1. The van der Waals surface area contributed by atoms with Gasteiger partial charge in [-0.25, -0.2) is 13.2 Å². The van der Waals surface area contributed by atoms with Crippen LogP contribution in [0.2, 0.25) is 0 Å². The van der Waals surface area contributed by atoms with E-state index in [0.717, 1.165) is 0 Å². The molecule has 122 valence electrons. The quantitative estimate of drug-likeness (QED) is 0.580. The van der Waals surface area contributed by atoms with Gasteiger partial charge in [-0.05, 0) is 72.4 Å². The SMILES string of the molecule is CCC(NC(=O)c1cccc(S(=O)(=O)C(Br)(Br)Br)c1)C(=O)O. The zero-order valence-electron chi connectivity index (χ0n) is 11.2. The van der Waals surface area contributed by atoms with Crippen LogP contribution < -0.4 is 5.32 Å². The molecule has 0 aliphatic rings. The third-order valence-corrected chi connectivity index (χ3v) is 8.04. The summed E-state index contributed by atoms with van der Waals surface area (Å²) < 4.78 is 22.9. The smallest absolute Gasteiger partial charge is 0.326 e. The number of carboxylic acids is 1. The number of rotatable bonds is 5. The Labute approximate surface area is 153 Å². The van der Waals surface area contributed by atoms with E-state index in [2.05, 4.69) is 53.1 Å². The van der Waals surface area contributed by atoms with Gasteiger partial charge in [-0.15, -0.1) is 0 Å².